The van der Waals surface area contributed by atoms with Crippen LogP contribution < -0.4 is 0 Å². The molecule has 1 heterocycles. The molecule has 2 heteroatoms. The van der Waals surface area contributed by atoms with Crippen LogP contribution in [0.3, 0.4) is 0 Å². The molecule has 0 saturated heterocycles. The van der Waals surface area contributed by atoms with Crippen LogP contribution in [0.5, 0.6) is 0 Å². The van der Waals surface area contributed by atoms with E-state index in [0.717, 1.165) is 0 Å². The first-order valence-electron chi connectivity index (χ1n) is 13.5. The number of nitrogens with zero attached hydrogens (tertiary/aromatic N) is 2. The standard InChI is InChI=1S/C27H54N2/c1-4-7-10-12-14-16-18-21-24-29-26-25-28(23-20-9-6-3)27(29)22-19-17-15-13-11-8-5-2/h25-27H,4-24H2,1-3H3. The average molecular weight is 407 g/mol. The van der Waals surface area contributed by atoms with E-state index in [1.165, 1.54) is 135 Å². The molecule has 0 N–H and O–H groups in total. The third kappa shape index (κ3) is 13.3. The normalized spacial score (nSPS) is 16.3. The van der Waals surface area contributed by atoms with E-state index >= 15 is 0 Å². The minimum Gasteiger partial charge on any atom is -0.356 e. The number of hydrogen-bond donors (Lipinski definition) is 0. The van der Waals surface area contributed by atoms with Gasteiger partial charge in [0, 0.05) is 25.5 Å². The Balaban J connectivity index is 2.25. The van der Waals surface area contributed by atoms with Crippen LogP contribution in [-0.4, -0.2) is 29.1 Å². The van der Waals surface area contributed by atoms with Crippen molar-refractivity contribution < 1.29 is 0 Å². The molecule has 0 aromatic carbocycles. The summed E-state index contributed by atoms with van der Waals surface area (Å²) in [6.45, 7) is 9.43. The Morgan fingerprint density at radius 2 is 0.793 bits per heavy atom. The van der Waals surface area contributed by atoms with Gasteiger partial charge in [0.15, 0.2) is 0 Å². The second-order valence-electron chi connectivity index (χ2n) is 9.35. The van der Waals surface area contributed by atoms with E-state index in [4.69, 9.17) is 0 Å². The largest absolute Gasteiger partial charge is 0.356 e. The van der Waals surface area contributed by atoms with Crippen molar-refractivity contribution in [1.29, 1.82) is 0 Å². The maximum Gasteiger partial charge on any atom is 0.101 e. The van der Waals surface area contributed by atoms with Gasteiger partial charge in [0.1, 0.15) is 6.17 Å². The topological polar surface area (TPSA) is 6.48 Å². The van der Waals surface area contributed by atoms with E-state index in [1.807, 2.05) is 0 Å². The minimum atomic E-state index is 0.645. The number of rotatable bonds is 21. The van der Waals surface area contributed by atoms with Crippen molar-refractivity contribution in [2.45, 2.75) is 149 Å². The van der Waals surface area contributed by atoms with Crippen molar-refractivity contribution in [3.8, 4) is 0 Å². The number of hydrogen-bond acceptors (Lipinski definition) is 2. The number of unbranched alkanes of at least 4 members (excludes halogenated alkanes) is 15. The lowest BCUT2D eigenvalue weighted by Gasteiger charge is -2.33. The van der Waals surface area contributed by atoms with Gasteiger partial charge in [-0.1, -0.05) is 117 Å². The smallest absolute Gasteiger partial charge is 0.101 e. The van der Waals surface area contributed by atoms with Crippen LogP contribution in [0, 0.1) is 0 Å². The van der Waals surface area contributed by atoms with Gasteiger partial charge in [-0.25, -0.2) is 0 Å². The highest BCUT2D eigenvalue weighted by atomic mass is 15.4. The van der Waals surface area contributed by atoms with Gasteiger partial charge in [0.05, 0.1) is 0 Å². The zero-order valence-corrected chi connectivity index (χ0v) is 20.5. The molecule has 1 aliphatic heterocycles. The van der Waals surface area contributed by atoms with Crippen LogP contribution in [0.15, 0.2) is 12.4 Å². The molecule has 0 saturated carbocycles. The molecule has 29 heavy (non-hydrogen) atoms. The molecular weight excluding hydrogens is 352 g/mol. The van der Waals surface area contributed by atoms with Crippen molar-refractivity contribution in [2.24, 2.45) is 0 Å². The van der Waals surface area contributed by atoms with E-state index in [-0.39, 0.29) is 0 Å². The van der Waals surface area contributed by atoms with Crippen LogP contribution in [0.4, 0.5) is 0 Å². The summed E-state index contributed by atoms with van der Waals surface area (Å²) >= 11 is 0. The van der Waals surface area contributed by atoms with Gasteiger partial charge in [-0.3, -0.25) is 0 Å². The van der Waals surface area contributed by atoms with Crippen LogP contribution in [-0.2, 0) is 0 Å². The summed E-state index contributed by atoms with van der Waals surface area (Å²) in [5.41, 5.74) is 0. The van der Waals surface area contributed by atoms with E-state index in [1.54, 1.807) is 0 Å². The van der Waals surface area contributed by atoms with Crippen molar-refractivity contribution >= 4 is 0 Å². The predicted molar refractivity (Wildman–Crippen MR) is 131 cm³/mol. The zero-order valence-electron chi connectivity index (χ0n) is 20.5. The molecule has 0 amide bonds. The molecule has 2 nitrogen and oxygen atoms in total. The van der Waals surface area contributed by atoms with E-state index < -0.39 is 0 Å². The first kappa shape index (κ1) is 26.4. The molecule has 0 bridgehead atoms. The first-order chi connectivity index (χ1) is 14.3. The fraction of sp³-hybridized carbons (Fsp3) is 0.926. The molecule has 0 spiro atoms. The van der Waals surface area contributed by atoms with Gasteiger partial charge in [0.25, 0.3) is 0 Å². The fourth-order valence-corrected chi connectivity index (χ4v) is 4.60. The van der Waals surface area contributed by atoms with Crippen LogP contribution >= 0.6 is 0 Å². The third-order valence-electron chi connectivity index (χ3n) is 6.57. The molecule has 1 aliphatic rings. The molecule has 0 fully saturated rings. The monoisotopic (exact) mass is 406 g/mol. The summed E-state index contributed by atoms with van der Waals surface area (Å²) in [5, 5.41) is 0. The van der Waals surface area contributed by atoms with Crippen LogP contribution in [0.2, 0.25) is 0 Å². The van der Waals surface area contributed by atoms with E-state index in [9.17, 15) is 0 Å². The molecule has 1 rings (SSSR count). The zero-order chi connectivity index (χ0) is 21.0. The predicted octanol–water partition coefficient (Wildman–Crippen LogP) is 8.87. The van der Waals surface area contributed by atoms with Crippen molar-refractivity contribution in [3.63, 3.8) is 0 Å². The van der Waals surface area contributed by atoms with Crippen LogP contribution in [0.25, 0.3) is 0 Å². The van der Waals surface area contributed by atoms with Gasteiger partial charge in [-0.15, -0.1) is 0 Å². The summed E-state index contributed by atoms with van der Waals surface area (Å²) in [6.07, 6.45) is 32.1. The molecule has 0 radical (unpaired) electrons. The summed E-state index contributed by atoms with van der Waals surface area (Å²) in [5.74, 6) is 0. The third-order valence-corrected chi connectivity index (χ3v) is 6.57. The highest BCUT2D eigenvalue weighted by Crippen LogP contribution is 2.23. The Bertz CT molecular complexity index is 366. The minimum absolute atomic E-state index is 0.645. The van der Waals surface area contributed by atoms with Crippen molar-refractivity contribution in [3.05, 3.63) is 12.4 Å². The lowest BCUT2D eigenvalue weighted by molar-refractivity contribution is 0.135. The molecule has 172 valence electrons. The Hall–Kier alpha value is -0.660. The molecular formula is C27H54N2. The lowest BCUT2D eigenvalue weighted by Crippen LogP contribution is -2.39. The van der Waals surface area contributed by atoms with E-state index in [0.29, 0.717) is 6.17 Å². The molecule has 1 unspecified atom stereocenters. The van der Waals surface area contributed by atoms with Crippen LogP contribution in [0.1, 0.15) is 143 Å². The summed E-state index contributed by atoms with van der Waals surface area (Å²) < 4.78 is 0. The lowest BCUT2D eigenvalue weighted by atomic mass is 10.1. The summed E-state index contributed by atoms with van der Waals surface area (Å²) in [4.78, 5) is 5.32. The highest BCUT2D eigenvalue weighted by molar-refractivity contribution is 4.96. The maximum absolute atomic E-state index is 2.67. The summed E-state index contributed by atoms with van der Waals surface area (Å²) in [7, 11) is 0. The highest BCUT2D eigenvalue weighted by Gasteiger charge is 2.24. The fourth-order valence-electron chi connectivity index (χ4n) is 4.60. The van der Waals surface area contributed by atoms with Gasteiger partial charge in [-0.05, 0) is 25.7 Å². The Morgan fingerprint density at radius 1 is 0.448 bits per heavy atom. The van der Waals surface area contributed by atoms with Crippen molar-refractivity contribution in [1.82, 2.24) is 9.80 Å². The summed E-state index contributed by atoms with van der Waals surface area (Å²) in [6, 6.07) is 0. The Kier molecular flexibility index (Phi) is 17.6. The first-order valence-corrected chi connectivity index (χ1v) is 13.5. The second-order valence-corrected chi connectivity index (χ2v) is 9.35. The Morgan fingerprint density at radius 3 is 1.28 bits per heavy atom. The van der Waals surface area contributed by atoms with Gasteiger partial charge >= 0.3 is 0 Å². The Labute approximate surface area is 184 Å². The SMILES string of the molecule is CCCCCCCCCCN1C=CN(CCCCC)C1CCCCCCCCC. The van der Waals surface area contributed by atoms with Gasteiger partial charge in [0.2, 0.25) is 0 Å². The average Bonchev–Trinajstić information content (AvgIpc) is 3.11. The quantitative estimate of drug-likeness (QED) is 0.176. The van der Waals surface area contributed by atoms with E-state index in [2.05, 4.69) is 43.0 Å². The molecule has 1 atom stereocenters. The van der Waals surface area contributed by atoms with Gasteiger partial charge in [-0.2, -0.15) is 0 Å². The second kappa shape index (κ2) is 19.3. The maximum atomic E-state index is 2.67. The molecule has 0 aromatic heterocycles. The molecule has 0 aromatic rings. The molecule has 0 aliphatic carbocycles. The van der Waals surface area contributed by atoms with Crippen molar-refractivity contribution in [2.75, 3.05) is 13.1 Å². The van der Waals surface area contributed by atoms with Gasteiger partial charge < -0.3 is 9.80 Å².